The third-order valence-electron chi connectivity index (χ3n) is 2.62. The predicted octanol–water partition coefficient (Wildman–Crippen LogP) is 0.750. The highest BCUT2D eigenvalue weighted by Gasteiger charge is 2.13. The normalized spacial score (nSPS) is 12.6. The van der Waals surface area contributed by atoms with Crippen LogP contribution in [0.3, 0.4) is 0 Å². The molecule has 19 heavy (non-hydrogen) atoms. The van der Waals surface area contributed by atoms with Gasteiger partial charge in [0.2, 0.25) is 5.91 Å². The number of nitrogens with one attached hydrogen (secondary N) is 1. The summed E-state index contributed by atoms with van der Waals surface area (Å²) < 4.78 is 12.7. The topological polar surface area (TPSA) is 75.3 Å². The number of hydrogen-bond acceptors (Lipinski definition) is 3. The average Bonchev–Trinajstić information content (AvgIpc) is 2.42. The van der Waals surface area contributed by atoms with Gasteiger partial charge in [0.25, 0.3) is 0 Å². The summed E-state index contributed by atoms with van der Waals surface area (Å²) in [6.45, 7) is 0.770. The summed E-state index contributed by atoms with van der Waals surface area (Å²) in [6.07, 6.45) is 3.22. The summed E-state index contributed by atoms with van der Waals surface area (Å²) in [5.74, 6) is -0.711. The molecular formula is C14H19FN2O2. The molecule has 0 unspecified atom stereocenters. The molecule has 1 amide bonds. The van der Waals surface area contributed by atoms with Crippen molar-refractivity contribution in [1.82, 2.24) is 5.32 Å². The third-order valence-corrected chi connectivity index (χ3v) is 2.62. The molecule has 0 fully saturated rings. The Morgan fingerprint density at radius 1 is 1.37 bits per heavy atom. The number of aliphatic hydroxyl groups is 1. The molecular weight excluding hydrogens is 247 g/mol. The first-order chi connectivity index (χ1) is 9.13. The summed E-state index contributed by atoms with van der Waals surface area (Å²) in [6, 6.07) is 6.01. The number of aliphatic hydroxyl groups excluding tert-OH is 1. The summed E-state index contributed by atoms with van der Waals surface area (Å²) in [5.41, 5.74) is 6.14. The zero-order valence-corrected chi connectivity index (χ0v) is 10.7. The van der Waals surface area contributed by atoms with Crippen LogP contribution in [0.1, 0.15) is 12.0 Å². The summed E-state index contributed by atoms with van der Waals surface area (Å²) in [7, 11) is 0. The summed E-state index contributed by atoms with van der Waals surface area (Å²) in [4.78, 5) is 11.5. The van der Waals surface area contributed by atoms with Gasteiger partial charge in [-0.2, -0.15) is 0 Å². The molecule has 0 aliphatic heterocycles. The van der Waals surface area contributed by atoms with Crippen molar-refractivity contribution >= 4 is 5.91 Å². The van der Waals surface area contributed by atoms with Crippen molar-refractivity contribution in [3.63, 3.8) is 0 Å². The quantitative estimate of drug-likeness (QED) is 0.637. The molecule has 0 bridgehead atoms. The van der Waals surface area contributed by atoms with E-state index in [1.54, 1.807) is 24.3 Å². The first-order valence-electron chi connectivity index (χ1n) is 6.18. The van der Waals surface area contributed by atoms with Gasteiger partial charge in [-0.1, -0.05) is 24.3 Å². The van der Waals surface area contributed by atoms with Crippen LogP contribution in [0.5, 0.6) is 0 Å². The van der Waals surface area contributed by atoms with E-state index in [0.717, 1.165) is 5.56 Å². The van der Waals surface area contributed by atoms with Crippen molar-refractivity contribution in [3.8, 4) is 0 Å². The van der Waals surface area contributed by atoms with E-state index in [0.29, 0.717) is 25.9 Å². The van der Waals surface area contributed by atoms with Crippen molar-refractivity contribution in [2.24, 2.45) is 5.73 Å². The number of carbonyl (C=O) groups is 1. The zero-order chi connectivity index (χ0) is 14.1. The maximum absolute atomic E-state index is 12.7. The molecule has 1 atom stereocenters. The van der Waals surface area contributed by atoms with Gasteiger partial charge in [0.1, 0.15) is 11.9 Å². The lowest BCUT2D eigenvalue weighted by molar-refractivity contribution is -0.129. The van der Waals surface area contributed by atoms with Gasteiger partial charge in [0, 0.05) is 13.1 Å². The van der Waals surface area contributed by atoms with E-state index >= 15 is 0 Å². The Bertz CT molecular complexity index is 418. The summed E-state index contributed by atoms with van der Waals surface area (Å²) in [5, 5.41) is 12.2. The smallest absolute Gasteiger partial charge is 0.249 e. The number of amides is 1. The maximum Gasteiger partial charge on any atom is 0.249 e. The highest BCUT2D eigenvalue weighted by Crippen LogP contribution is 2.07. The highest BCUT2D eigenvalue weighted by molar-refractivity contribution is 5.80. The molecule has 0 aromatic heterocycles. The Kier molecular flexibility index (Phi) is 6.78. The minimum Gasteiger partial charge on any atom is -0.383 e. The van der Waals surface area contributed by atoms with Gasteiger partial charge < -0.3 is 16.2 Å². The monoisotopic (exact) mass is 266 g/mol. The van der Waals surface area contributed by atoms with Crippen LogP contribution in [-0.2, 0) is 11.2 Å². The van der Waals surface area contributed by atoms with Gasteiger partial charge in [0.05, 0.1) is 0 Å². The Morgan fingerprint density at radius 3 is 2.68 bits per heavy atom. The van der Waals surface area contributed by atoms with Crippen LogP contribution >= 0.6 is 0 Å². The minimum atomic E-state index is -1.06. The van der Waals surface area contributed by atoms with Gasteiger partial charge >= 0.3 is 0 Å². The second kappa shape index (κ2) is 8.39. The molecule has 4 N–H and O–H groups in total. The number of benzene rings is 1. The molecule has 0 radical (unpaired) electrons. The van der Waals surface area contributed by atoms with Crippen LogP contribution in [-0.4, -0.2) is 30.2 Å². The fraction of sp³-hybridized carbons (Fsp3) is 0.357. The lowest BCUT2D eigenvalue weighted by atomic mass is 10.1. The Hall–Kier alpha value is -1.72. The molecule has 0 aliphatic rings. The van der Waals surface area contributed by atoms with E-state index in [1.807, 2.05) is 0 Å². The molecule has 5 heteroatoms. The van der Waals surface area contributed by atoms with E-state index in [2.05, 4.69) is 5.32 Å². The van der Waals surface area contributed by atoms with Crippen molar-refractivity contribution in [2.45, 2.75) is 18.9 Å². The Morgan fingerprint density at radius 2 is 2.05 bits per heavy atom. The van der Waals surface area contributed by atoms with E-state index in [4.69, 9.17) is 5.73 Å². The van der Waals surface area contributed by atoms with Crippen molar-refractivity contribution in [1.29, 1.82) is 0 Å². The van der Waals surface area contributed by atoms with Crippen molar-refractivity contribution in [3.05, 3.63) is 47.8 Å². The van der Waals surface area contributed by atoms with Crippen LogP contribution in [0, 0.1) is 5.82 Å². The van der Waals surface area contributed by atoms with Gasteiger partial charge in [-0.3, -0.25) is 4.79 Å². The lowest BCUT2D eigenvalue weighted by Gasteiger charge is -2.10. The molecule has 0 heterocycles. The number of rotatable bonds is 7. The van der Waals surface area contributed by atoms with Gasteiger partial charge in [-0.15, -0.1) is 0 Å². The van der Waals surface area contributed by atoms with Gasteiger partial charge in [-0.25, -0.2) is 4.39 Å². The lowest BCUT2D eigenvalue weighted by Crippen LogP contribution is -2.34. The number of nitrogens with two attached hydrogens (primary N) is 1. The van der Waals surface area contributed by atoms with Crippen LogP contribution < -0.4 is 11.1 Å². The first-order valence-corrected chi connectivity index (χ1v) is 6.18. The number of halogens is 1. The summed E-state index contributed by atoms with van der Waals surface area (Å²) >= 11 is 0. The second-order valence-electron chi connectivity index (χ2n) is 4.13. The highest BCUT2D eigenvalue weighted by atomic mass is 19.1. The third kappa shape index (κ3) is 6.13. The van der Waals surface area contributed by atoms with Crippen LogP contribution in [0.25, 0.3) is 0 Å². The van der Waals surface area contributed by atoms with E-state index in [1.165, 1.54) is 12.1 Å². The van der Waals surface area contributed by atoms with Crippen LogP contribution in [0.2, 0.25) is 0 Å². The minimum absolute atomic E-state index is 0.297. The van der Waals surface area contributed by atoms with E-state index in [9.17, 15) is 14.3 Å². The molecule has 1 aromatic carbocycles. The first kappa shape index (κ1) is 15.3. The second-order valence-corrected chi connectivity index (χ2v) is 4.13. The molecule has 104 valence electrons. The predicted molar refractivity (Wildman–Crippen MR) is 71.9 cm³/mol. The maximum atomic E-state index is 12.7. The SMILES string of the molecule is NC/C=C/CNC(=O)[C@H](O)CCc1ccc(F)cc1. The van der Waals surface area contributed by atoms with E-state index < -0.39 is 12.0 Å². The van der Waals surface area contributed by atoms with E-state index in [-0.39, 0.29) is 5.82 Å². The number of carbonyl (C=O) groups excluding carboxylic acids is 1. The Balaban J connectivity index is 2.30. The molecule has 0 saturated carbocycles. The molecule has 0 spiro atoms. The largest absolute Gasteiger partial charge is 0.383 e. The van der Waals surface area contributed by atoms with Crippen LogP contribution in [0.15, 0.2) is 36.4 Å². The Labute approximate surface area is 112 Å². The average molecular weight is 266 g/mol. The number of hydrogen-bond donors (Lipinski definition) is 3. The standard InChI is InChI=1S/C14H19FN2O2/c15-12-6-3-11(4-7-12)5-8-13(18)14(19)17-10-2-1-9-16/h1-4,6-7,13,18H,5,8-10,16H2,(H,17,19)/b2-1+/t13-/m1/s1. The number of aryl methyl sites for hydroxylation is 1. The van der Waals surface area contributed by atoms with Gasteiger partial charge in [0.15, 0.2) is 0 Å². The molecule has 0 aliphatic carbocycles. The molecule has 1 rings (SSSR count). The molecule has 0 saturated heterocycles. The zero-order valence-electron chi connectivity index (χ0n) is 10.7. The van der Waals surface area contributed by atoms with Crippen LogP contribution in [0.4, 0.5) is 4.39 Å². The fourth-order valence-corrected chi connectivity index (χ4v) is 1.54. The fourth-order valence-electron chi connectivity index (χ4n) is 1.54. The molecule has 1 aromatic rings. The van der Waals surface area contributed by atoms with Crippen molar-refractivity contribution < 1.29 is 14.3 Å². The van der Waals surface area contributed by atoms with Crippen molar-refractivity contribution in [2.75, 3.05) is 13.1 Å². The van der Waals surface area contributed by atoms with Gasteiger partial charge in [-0.05, 0) is 30.5 Å². The molecule has 4 nitrogen and oxygen atoms in total.